The fourth-order valence-electron chi connectivity index (χ4n) is 1.35. The molecule has 0 radical (unpaired) electrons. The second-order valence-corrected chi connectivity index (χ2v) is 3.62. The van der Waals surface area contributed by atoms with E-state index in [0.29, 0.717) is 0 Å². The number of carbonyl (C=O) groups excluding carboxylic acids is 1. The minimum Gasteiger partial charge on any atom is -0.480 e. The Bertz CT molecular complexity index is 528. The maximum absolute atomic E-state index is 11.3. The third-order valence-corrected chi connectivity index (χ3v) is 2.32. The Morgan fingerprint density at radius 2 is 2.11 bits per heavy atom. The van der Waals surface area contributed by atoms with E-state index in [0.717, 1.165) is 18.2 Å². The summed E-state index contributed by atoms with van der Waals surface area (Å²) >= 11 is 0. The van der Waals surface area contributed by atoms with Gasteiger partial charge in [-0.15, -0.1) is 0 Å². The first-order chi connectivity index (χ1) is 8.86. The zero-order valence-electron chi connectivity index (χ0n) is 10.2. The van der Waals surface area contributed by atoms with Crippen molar-refractivity contribution in [2.75, 3.05) is 7.05 Å². The summed E-state index contributed by atoms with van der Waals surface area (Å²) in [4.78, 5) is 32.2. The standard InChI is InChI=1S/C11H12N2O6/c1-6(10(14)12-2)19-9-4-3-7(13(17)18)5-8(9)11(15)16/h3-6H,1-2H3,(H,12,14)(H,15,16). The van der Waals surface area contributed by atoms with E-state index >= 15 is 0 Å². The number of non-ortho nitro benzene ring substituents is 1. The number of carboxylic acids is 1. The van der Waals surface area contributed by atoms with E-state index in [4.69, 9.17) is 9.84 Å². The summed E-state index contributed by atoms with van der Waals surface area (Å²) < 4.78 is 5.18. The molecule has 8 nitrogen and oxygen atoms in total. The maximum atomic E-state index is 11.3. The molecule has 102 valence electrons. The van der Waals surface area contributed by atoms with Crippen molar-refractivity contribution in [3.8, 4) is 5.75 Å². The minimum atomic E-state index is -1.37. The summed E-state index contributed by atoms with van der Waals surface area (Å²) in [7, 11) is 1.41. The van der Waals surface area contributed by atoms with Crippen LogP contribution in [0, 0.1) is 10.1 Å². The van der Waals surface area contributed by atoms with Crippen molar-refractivity contribution < 1.29 is 24.4 Å². The van der Waals surface area contributed by atoms with Crippen LogP contribution in [0.5, 0.6) is 5.75 Å². The van der Waals surface area contributed by atoms with Gasteiger partial charge in [-0.05, 0) is 13.0 Å². The van der Waals surface area contributed by atoms with Gasteiger partial charge in [-0.2, -0.15) is 0 Å². The number of hydrogen-bond acceptors (Lipinski definition) is 5. The van der Waals surface area contributed by atoms with Crippen LogP contribution in [-0.4, -0.2) is 35.1 Å². The molecule has 0 bridgehead atoms. The molecule has 19 heavy (non-hydrogen) atoms. The van der Waals surface area contributed by atoms with Crippen molar-refractivity contribution >= 4 is 17.6 Å². The Labute approximate surface area is 108 Å². The number of nitrogens with one attached hydrogen (secondary N) is 1. The molecule has 0 aliphatic heterocycles. The van der Waals surface area contributed by atoms with E-state index in [-0.39, 0.29) is 17.0 Å². The summed E-state index contributed by atoms with van der Waals surface area (Å²) in [5.41, 5.74) is -0.734. The van der Waals surface area contributed by atoms with E-state index in [9.17, 15) is 19.7 Å². The number of nitro benzene ring substituents is 1. The Kier molecular flexibility index (Phi) is 4.41. The van der Waals surface area contributed by atoms with Gasteiger partial charge < -0.3 is 15.2 Å². The van der Waals surface area contributed by atoms with Crippen LogP contribution in [0.1, 0.15) is 17.3 Å². The number of ether oxygens (including phenoxy) is 1. The van der Waals surface area contributed by atoms with Crippen molar-refractivity contribution in [2.45, 2.75) is 13.0 Å². The lowest BCUT2D eigenvalue weighted by atomic mass is 10.1. The maximum Gasteiger partial charge on any atom is 0.339 e. The molecule has 8 heteroatoms. The van der Waals surface area contributed by atoms with Crippen molar-refractivity contribution in [1.82, 2.24) is 5.32 Å². The normalized spacial score (nSPS) is 11.5. The largest absolute Gasteiger partial charge is 0.480 e. The highest BCUT2D eigenvalue weighted by atomic mass is 16.6. The first-order valence-electron chi connectivity index (χ1n) is 5.26. The molecular weight excluding hydrogens is 256 g/mol. The molecule has 0 spiro atoms. The molecule has 0 aliphatic rings. The number of carbonyl (C=O) groups is 2. The first kappa shape index (κ1) is 14.4. The number of nitrogens with zero attached hydrogens (tertiary/aromatic N) is 1. The van der Waals surface area contributed by atoms with Crippen LogP contribution in [0.4, 0.5) is 5.69 Å². The van der Waals surface area contributed by atoms with Crippen LogP contribution in [0.15, 0.2) is 18.2 Å². The van der Waals surface area contributed by atoms with Crippen LogP contribution in [0.25, 0.3) is 0 Å². The molecule has 0 fully saturated rings. The highest BCUT2D eigenvalue weighted by Gasteiger charge is 2.20. The van der Waals surface area contributed by atoms with E-state index < -0.39 is 22.9 Å². The van der Waals surface area contributed by atoms with Crippen molar-refractivity contribution in [3.63, 3.8) is 0 Å². The average molecular weight is 268 g/mol. The summed E-state index contributed by atoms with van der Waals surface area (Å²) in [6.45, 7) is 1.44. The summed E-state index contributed by atoms with van der Waals surface area (Å²) in [6.07, 6.45) is -0.912. The van der Waals surface area contributed by atoms with Gasteiger partial charge in [0.1, 0.15) is 11.3 Å². The lowest BCUT2D eigenvalue weighted by Crippen LogP contribution is -2.34. The number of aromatic carboxylic acids is 1. The smallest absolute Gasteiger partial charge is 0.339 e. The van der Waals surface area contributed by atoms with Gasteiger partial charge in [-0.1, -0.05) is 0 Å². The van der Waals surface area contributed by atoms with Crippen LogP contribution in [0.2, 0.25) is 0 Å². The SMILES string of the molecule is CNC(=O)C(C)Oc1ccc([N+](=O)[O-])cc1C(=O)O. The first-order valence-corrected chi connectivity index (χ1v) is 5.26. The number of likely N-dealkylation sites (N-methyl/N-ethyl adjacent to an activating group) is 1. The molecule has 1 aromatic rings. The number of amides is 1. The highest BCUT2D eigenvalue weighted by Crippen LogP contribution is 2.25. The van der Waals surface area contributed by atoms with Gasteiger partial charge >= 0.3 is 5.97 Å². The average Bonchev–Trinajstić information content (AvgIpc) is 2.37. The topological polar surface area (TPSA) is 119 Å². The molecule has 1 amide bonds. The Hall–Kier alpha value is -2.64. The Balaban J connectivity index is 3.10. The number of rotatable bonds is 5. The van der Waals surface area contributed by atoms with Crippen LogP contribution >= 0.6 is 0 Å². The second-order valence-electron chi connectivity index (χ2n) is 3.62. The quantitative estimate of drug-likeness (QED) is 0.602. The van der Waals surface area contributed by atoms with Crippen molar-refractivity contribution in [3.05, 3.63) is 33.9 Å². The van der Waals surface area contributed by atoms with E-state index in [1.807, 2.05) is 0 Å². The highest BCUT2D eigenvalue weighted by molar-refractivity contribution is 5.92. The molecule has 1 atom stereocenters. The van der Waals surface area contributed by atoms with Gasteiger partial charge in [0.05, 0.1) is 4.92 Å². The Morgan fingerprint density at radius 3 is 2.58 bits per heavy atom. The molecule has 1 rings (SSSR count). The number of nitro groups is 1. The molecule has 1 aromatic carbocycles. The molecule has 0 aromatic heterocycles. The molecule has 0 saturated heterocycles. The fraction of sp³-hybridized carbons (Fsp3) is 0.273. The van der Waals surface area contributed by atoms with Gasteiger partial charge in [0.25, 0.3) is 11.6 Å². The monoisotopic (exact) mass is 268 g/mol. The second kappa shape index (κ2) is 5.80. The zero-order chi connectivity index (χ0) is 14.6. The predicted octanol–water partition coefficient (Wildman–Crippen LogP) is 0.806. The molecule has 2 N–H and O–H groups in total. The lowest BCUT2D eigenvalue weighted by Gasteiger charge is -2.14. The molecule has 0 aliphatic carbocycles. The summed E-state index contributed by atoms with van der Waals surface area (Å²) in [6, 6.07) is 3.15. The molecule has 0 heterocycles. The van der Waals surface area contributed by atoms with E-state index in [2.05, 4.69) is 5.32 Å². The molecule has 1 unspecified atom stereocenters. The van der Waals surface area contributed by atoms with E-state index in [1.54, 1.807) is 0 Å². The third-order valence-electron chi connectivity index (χ3n) is 2.32. The number of carboxylic acid groups (broad SMARTS) is 1. The zero-order valence-corrected chi connectivity index (χ0v) is 10.2. The fourth-order valence-corrected chi connectivity index (χ4v) is 1.35. The molecule has 0 saturated carbocycles. The van der Waals surface area contributed by atoms with Crippen LogP contribution in [-0.2, 0) is 4.79 Å². The minimum absolute atomic E-state index is 0.103. The van der Waals surface area contributed by atoms with Gasteiger partial charge in [0.2, 0.25) is 0 Å². The summed E-state index contributed by atoms with van der Waals surface area (Å²) in [5, 5.41) is 21.9. The third kappa shape index (κ3) is 3.41. The Morgan fingerprint density at radius 1 is 1.47 bits per heavy atom. The van der Waals surface area contributed by atoms with Crippen LogP contribution in [0.3, 0.4) is 0 Å². The van der Waals surface area contributed by atoms with Gasteiger partial charge in [0.15, 0.2) is 6.10 Å². The van der Waals surface area contributed by atoms with E-state index in [1.165, 1.54) is 14.0 Å². The number of benzene rings is 1. The van der Waals surface area contributed by atoms with Gasteiger partial charge in [-0.25, -0.2) is 4.79 Å². The van der Waals surface area contributed by atoms with Crippen molar-refractivity contribution in [2.24, 2.45) is 0 Å². The van der Waals surface area contributed by atoms with Crippen molar-refractivity contribution in [1.29, 1.82) is 0 Å². The number of hydrogen-bond donors (Lipinski definition) is 2. The predicted molar refractivity (Wildman–Crippen MR) is 64.2 cm³/mol. The molecular formula is C11H12N2O6. The van der Waals surface area contributed by atoms with Gasteiger partial charge in [-0.3, -0.25) is 14.9 Å². The lowest BCUT2D eigenvalue weighted by molar-refractivity contribution is -0.384. The summed E-state index contributed by atoms with van der Waals surface area (Å²) in [5.74, 6) is -1.91. The van der Waals surface area contributed by atoms with Gasteiger partial charge in [0, 0.05) is 19.2 Å². The van der Waals surface area contributed by atoms with Crippen LogP contribution < -0.4 is 10.1 Å².